The van der Waals surface area contributed by atoms with Crippen LogP contribution in [0.5, 0.6) is 11.5 Å². The van der Waals surface area contributed by atoms with Gasteiger partial charge in [0.2, 0.25) is 11.8 Å². The van der Waals surface area contributed by atoms with Gasteiger partial charge in [-0.1, -0.05) is 6.07 Å². The lowest BCUT2D eigenvalue weighted by Crippen LogP contribution is -2.54. The highest BCUT2D eigenvalue weighted by atomic mass is 16.5. The van der Waals surface area contributed by atoms with Gasteiger partial charge in [0.25, 0.3) is 0 Å². The number of ether oxygens (including phenoxy) is 3. The second kappa shape index (κ2) is 10.9. The molecule has 0 aromatic heterocycles. The van der Waals surface area contributed by atoms with Crippen LogP contribution in [-0.2, 0) is 14.3 Å². The molecular weight excluding hydrogens is 436 g/mol. The maximum Gasteiger partial charge on any atom is 0.236 e. The summed E-state index contributed by atoms with van der Waals surface area (Å²) >= 11 is 0. The van der Waals surface area contributed by atoms with Gasteiger partial charge in [-0.25, -0.2) is 0 Å². The van der Waals surface area contributed by atoms with Crippen molar-refractivity contribution in [2.75, 3.05) is 85.3 Å². The Morgan fingerprint density at radius 1 is 0.765 bits per heavy atom. The van der Waals surface area contributed by atoms with Gasteiger partial charge in [0.15, 0.2) is 11.5 Å². The van der Waals surface area contributed by atoms with Gasteiger partial charge in [-0.15, -0.1) is 0 Å². The molecule has 0 radical (unpaired) electrons. The quantitative estimate of drug-likeness (QED) is 0.633. The number of rotatable bonds is 5. The van der Waals surface area contributed by atoms with Crippen molar-refractivity contribution in [1.82, 2.24) is 19.6 Å². The standard InChI is InChI=1S/C25H36N4O5/c30-24(28-11-15-32-16-12-28)18-26-7-9-27(10-8-26)25(31)19-29-6-1-3-21(29)20-4-5-22-23(17-20)34-14-2-13-33-22/h4-5,17,21H,1-3,6-16,18-19H2. The van der Waals surface area contributed by atoms with Gasteiger partial charge in [-0.2, -0.15) is 0 Å². The van der Waals surface area contributed by atoms with Crippen molar-refractivity contribution >= 4 is 11.8 Å². The van der Waals surface area contributed by atoms with E-state index in [2.05, 4.69) is 21.9 Å². The van der Waals surface area contributed by atoms with E-state index in [-0.39, 0.29) is 17.9 Å². The molecule has 0 spiro atoms. The molecule has 4 heterocycles. The van der Waals surface area contributed by atoms with E-state index in [9.17, 15) is 9.59 Å². The van der Waals surface area contributed by atoms with E-state index in [1.165, 1.54) is 5.56 Å². The molecule has 4 aliphatic rings. The Morgan fingerprint density at radius 2 is 1.47 bits per heavy atom. The van der Waals surface area contributed by atoms with Crippen LogP contribution in [0, 0.1) is 0 Å². The van der Waals surface area contributed by atoms with E-state index in [1.807, 2.05) is 15.9 Å². The summed E-state index contributed by atoms with van der Waals surface area (Å²) in [6.45, 7) is 8.60. The minimum atomic E-state index is 0.165. The van der Waals surface area contributed by atoms with Crippen molar-refractivity contribution < 1.29 is 23.8 Å². The highest BCUT2D eigenvalue weighted by Gasteiger charge is 2.31. The van der Waals surface area contributed by atoms with Gasteiger partial charge < -0.3 is 24.0 Å². The zero-order valence-corrected chi connectivity index (χ0v) is 20.0. The topological polar surface area (TPSA) is 74.8 Å². The van der Waals surface area contributed by atoms with Gasteiger partial charge in [0.1, 0.15) is 0 Å². The van der Waals surface area contributed by atoms with Gasteiger partial charge in [-0.05, 0) is 37.1 Å². The largest absolute Gasteiger partial charge is 0.490 e. The van der Waals surface area contributed by atoms with Crippen molar-refractivity contribution in [3.05, 3.63) is 23.8 Å². The summed E-state index contributed by atoms with van der Waals surface area (Å²) in [5.41, 5.74) is 1.20. The first-order valence-electron chi connectivity index (χ1n) is 12.7. The number of morpholine rings is 1. The number of piperazine rings is 1. The lowest BCUT2D eigenvalue weighted by atomic mass is 10.0. The Bertz CT molecular complexity index is 867. The summed E-state index contributed by atoms with van der Waals surface area (Å²) < 4.78 is 17.0. The molecule has 3 saturated heterocycles. The number of benzene rings is 1. The number of amides is 2. The summed E-state index contributed by atoms with van der Waals surface area (Å²) in [5, 5.41) is 0. The van der Waals surface area contributed by atoms with E-state index in [4.69, 9.17) is 14.2 Å². The highest BCUT2D eigenvalue weighted by molar-refractivity contribution is 5.79. The Labute approximate surface area is 201 Å². The van der Waals surface area contributed by atoms with Crippen LogP contribution in [0.15, 0.2) is 18.2 Å². The fraction of sp³-hybridized carbons (Fsp3) is 0.680. The van der Waals surface area contributed by atoms with Crippen molar-refractivity contribution in [2.45, 2.75) is 25.3 Å². The van der Waals surface area contributed by atoms with E-state index in [0.717, 1.165) is 50.4 Å². The number of nitrogens with zero attached hydrogens (tertiary/aromatic N) is 4. The Kier molecular flexibility index (Phi) is 7.51. The molecule has 9 heteroatoms. The summed E-state index contributed by atoms with van der Waals surface area (Å²) in [5.74, 6) is 1.97. The Balaban J connectivity index is 1.12. The monoisotopic (exact) mass is 472 g/mol. The molecule has 4 aliphatic heterocycles. The van der Waals surface area contributed by atoms with Crippen molar-refractivity contribution in [2.24, 2.45) is 0 Å². The summed E-state index contributed by atoms with van der Waals surface area (Å²) in [7, 11) is 0. The molecule has 0 bridgehead atoms. The lowest BCUT2D eigenvalue weighted by Gasteiger charge is -2.37. The minimum absolute atomic E-state index is 0.165. The average Bonchev–Trinajstić information content (AvgIpc) is 3.20. The van der Waals surface area contributed by atoms with E-state index in [0.29, 0.717) is 65.7 Å². The summed E-state index contributed by atoms with van der Waals surface area (Å²) in [6, 6.07) is 6.45. The number of fused-ring (bicyclic) bond motifs is 1. The summed E-state index contributed by atoms with van der Waals surface area (Å²) in [4.78, 5) is 33.9. The number of likely N-dealkylation sites (tertiary alicyclic amines) is 1. The van der Waals surface area contributed by atoms with Crippen LogP contribution in [0.2, 0.25) is 0 Å². The van der Waals surface area contributed by atoms with E-state index >= 15 is 0 Å². The lowest BCUT2D eigenvalue weighted by molar-refractivity contribution is -0.138. The molecule has 2 amide bonds. The fourth-order valence-corrected chi connectivity index (χ4v) is 5.31. The van der Waals surface area contributed by atoms with Crippen molar-refractivity contribution in [1.29, 1.82) is 0 Å². The molecule has 186 valence electrons. The molecule has 1 unspecified atom stereocenters. The van der Waals surface area contributed by atoms with Crippen LogP contribution < -0.4 is 9.47 Å². The zero-order valence-electron chi connectivity index (χ0n) is 20.0. The molecule has 0 N–H and O–H groups in total. The normalized spacial score (nSPS) is 24.2. The van der Waals surface area contributed by atoms with Crippen LogP contribution in [0.3, 0.4) is 0 Å². The van der Waals surface area contributed by atoms with Crippen LogP contribution in [0.1, 0.15) is 30.9 Å². The van der Waals surface area contributed by atoms with E-state index in [1.54, 1.807) is 0 Å². The first kappa shape index (κ1) is 23.4. The Hall–Kier alpha value is -2.36. The number of hydrogen-bond donors (Lipinski definition) is 0. The first-order chi connectivity index (χ1) is 16.7. The predicted molar refractivity (Wildman–Crippen MR) is 126 cm³/mol. The average molecular weight is 473 g/mol. The van der Waals surface area contributed by atoms with E-state index < -0.39 is 0 Å². The third kappa shape index (κ3) is 5.47. The summed E-state index contributed by atoms with van der Waals surface area (Å²) in [6.07, 6.45) is 3.02. The minimum Gasteiger partial charge on any atom is -0.490 e. The van der Waals surface area contributed by atoms with Gasteiger partial charge >= 0.3 is 0 Å². The predicted octanol–water partition coefficient (Wildman–Crippen LogP) is 0.988. The second-order valence-corrected chi connectivity index (χ2v) is 9.54. The molecular formula is C25H36N4O5. The second-order valence-electron chi connectivity index (χ2n) is 9.54. The fourth-order valence-electron chi connectivity index (χ4n) is 5.31. The van der Waals surface area contributed by atoms with Crippen LogP contribution in [0.4, 0.5) is 0 Å². The molecule has 5 rings (SSSR count). The third-order valence-electron chi connectivity index (χ3n) is 7.31. The molecule has 1 aromatic rings. The molecule has 1 aromatic carbocycles. The van der Waals surface area contributed by atoms with Gasteiger partial charge in [0.05, 0.1) is 39.5 Å². The van der Waals surface area contributed by atoms with Crippen molar-refractivity contribution in [3.8, 4) is 11.5 Å². The SMILES string of the molecule is O=C(CN1CCN(C(=O)CN2CCCC2c2ccc3c(c2)OCCCO3)CC1)N1CCOCC1. The molecule has 3 fully saturated rings. The van der Waals surface area contributed by atoms with Crippen molar-refractivity contribution in [3.63, 3.8) is 0 Å². The highest BCUT2D eigenvalue weighted by Crippen LogP contribution is 2.37. The number of carbonyl (C=O) groups excluding carboxylic acids is 2. The first-order valence-corrected chi connectivity index (χ1v) is 12.7. The third-order valence-corrected chi connectivity index (χ3v) is 7.31. The molecule has 34 heavy (non-hydrogen) atoms. The van der Waals surface area contributed by atoms with Gasteiger partial charge in [0, 0.05) is 51.7 Å². The Morgan fingerprint density at radius 3 is 2.26 bits per heavy atom. The maximum absolute atomic E-state index is 13.1. The molecule has 1 atom stereocenters. The molecule has 9 nitrogen and oxygen atoms in total. The zero-order chi connectivity index (χ0) is 23.3. The smallest absolute Gasteiger partial charge is 0.236 e. The number of hydrogen-bond acceptors (Lipinski definition) is 7. The van der Waals surface area contributed by atoms with Crippen LogP contribution >= 0.6 is 0 Å². The van der Waals surface area contributed by atoms with Crippen LogP contribution in [0.25, 0.3) is 0 Å². The number of carbonyl (C=O) groups is 2. The van der Waals surface area contributed by atoms with Gasteiger partial charge in [-0.3, -0.25) is 19.4 Å². The van der Waals surface area contributed by atoms with Crippen LogP contribution in [-0.4, -0.2) is 117 Å². The molecule has 0 aliphatic carbocycles. The maximum atomic E-state index is 13.1. The molecule has 0 saturated carbocycles.